The summed E-state index contributed by atoms with van der Waals surface area (Å²) in [5, 5.41) is 9.29. The van der Waals surface area contributed by atoms with E-state index in [2.05, 4.69) is 5.48 Å². The summed E-state index contributed by atoms with van der Waals surface area (Å²) in [5.74, 6) is 0. The van der Waals surface area contributed by atoms with Crippen LogP contribution in [0.3, 0.4) is 0 Å². The van der Waals surface area contributed by atoms with Crippen molar-refractivity contribution in [3.8, 4) is 0 Å². The molecule has 0 saturated heterocycles. The van der Waals surface area contributed by atoms with E-state index < -0.39 is 0 Å². The summed E-state index contributed by atoms with van der Waals surface area (Å²) in [6.07, 6.45) is -0.364. The summed E-state index contributed by atoms with van der Waals surface area (Å²) < 4.78 is 0. The fourth-order valence-corrected chi connectivity index (χ4v) is 1.52. The zero-order valence-corrected chi connectivity index (χ0v) is 9.41. The molecule has 1 atom stereocenters. The van der Waals surface area contributed by atoms with Crippen molar-refractivity contribution in [3.63, 3.8) is 0 Å². The summed E-state index contributed by atoms with van der Waals surface area (Å²) in [6, 6.07) is 19.2. The summed E-state index contributed by atoms with van der Waals surface area (Å²) >= 11 is 0. The summed E-state index contributed by atoms with van der Waals surface area (Å²) in [5.41, 5.74) is 4.64. The van der Waals surface area contributed by atoms with Gasteiger partial charge in [-0.2, -0.15) is 0 Å². The lowest BCUT2D eigenvalue weighted by Crippen LogP contribution is -2.13. The van der Waals surface area contributed by atoms with E-state index in [1.165, 1.54) is 0 Å². The lowest BCUT2D eigenvalue weighted by atomic mass is 10.1. The molecule has 0 aliphatic carbocycles. The molecule has 1 unspecified atom stereocenters. The van der Waals surface area contributed by atoms with Crippen molar-refractivity contribution in [2.24, 2.45) is 0 Å². The number of hydrogen-bond donors (Lipinski definition) is 2. The Balaban J connectivity index is 1.97. The van der Waals surface area contributed by atoms with Crippen LogP contribution in [-0.4, -0.2) is 11.7 Å². The first-order chi connectivity index (χ1) is 8.40. The Bertz CT molecular complexity index is 430. The zero-order valence-electron chi connectivity index (χ0n) is 9.41. The standard InChI is InChI=1S/C14H15NO2/c16-11-14(12-7-3-1-4-8-12)17-15-13-9-5-2-6-10-13/h1-10,14-16H,11H2. The second-order valence-electron chi connectivity index (χ2n) is 3.67. The van der Waals surface area contributed by atoms with Crippen molar-refractivity contribution < 1.29 is 9.94 Å². The highest BCUT2D eigenvalue weighted by Crippen LogP contribution is 2.17. The van der Waals surface area contributed by atoms with E-state index in [0.29, 0.717) is 0 Å². The van der Waals surface area contributed by atoms with Crippen LogP contribution in [0.15, 0.2) is 60.7 Å². The lowest BCUT2D eigenvalue weighted by molar-refractivity contribution is 0.0465. The number of nitrogens with one attached hydrogen (secondary N) is 1. The first-order valence-electron chi connectivity index (χ1n) is 5.52. The Morgan fingerprint density at radius 3 is 2.12 bits per heavy atom. The molecule has 0 radical (unpaired) electrons. The van der Waals surface area contributed by atoms with Crippen LogP contribution >= 0.6 is 0 Å². The highest BCUT2D eigenvalue weighted by molar-refractivity contribution is 5.40. The molecule has 0 fully saturated rings. The fraction of sp³-hybridized carbons (Fsp3) is 0.143. The van der Waals surface area contributed by atoms with Crippen molar-refractivity contribution in [2.75, 3.05) is 12.1 Å². The number of aliphatic hydroxyl groups is 1. The van der Waals surface area contributed by atoms with Gasteiger partial charge >= 0.3 is 0 Å². The molecule has 88 valence electrons. The molecule has 2 aromatic carbocycles. The predicted molar refractivity (Wildman–Crippen MR) is 67.4 cm³/mol. The first-order valence-corrected chi connectivity index (χ1v) is 5.52. The molecule has 0 bridgehead atoms. The number of para-hydroxylation sites is 1. The normalized spacial score (nSPS) is 12.1. The molecule has 2 N–H and O–H groups in total. The van der Waals surface area contributed by atoms with Crippen molar-refractivity contribution in [1.82, 2.24) is 0 Å². The van der Waals surface area contributed by atoms with Crippen LogP contribution in [0.5, 0.6) is 0 Å². The van der Waals surface area contributed by atoms with E-state index in [0.717, 1.165) is 11.3 Å². The van der Waals surface area contributed by atoms with Gasteiger partial charge in [-0.05, 0) is 17.7 Å². The molecule has 2 aromatic rings. The van der Waals surface area contributed by atoms with Gasteiger partial charge in [0.1, 0.15) is 6.10 Å². The maximum Gasteiger partial charge on any atom is 0.133 e. The van der Waals surface area contributed by atoms with Crippen molar-refractivity contribution >= 4 is 5.69 Å². The number of anilines is 1. The third kappa shape index (κ3) is 3.31. The molecule has 0 heterocycles. The van der Waals surface area contributed by atoms with Gasteiger partial charge in [-0.25, -0.2) is 0 Å². The van der Waals surface area contributed by atoms with E-state index in [4.69, 9.17) is 4.84 Å². The Hall–Kier alpha value is -1.84. The molecule has 0 spiro atoms. The van der Waals surface area contributed by atoms with E-state index in [-0.39, 0.29) is 12.7 Å². The molecular formula is C14H15NO2. The Morgan fingerprint density at radius 2 is 1.53 bits per heavy atom. The van der Waals surface area contributed by atoms with Gasteiger partial charge in [0.15, 0.2) is 0 Å². The van der Waals surface area contributed by atoms with E-state index in [1.807, 2.05) is 60.7 Å². The van der Waals surface area contributed by atoms with Gasteiger partial charge in [-0.3, -0.25) is 10.3 Å². The average molecular weight is 229 g/mol. The average Bonchev–Trinajstić information content (AvgIpc) is 2.42. The highest BCUT2D eigenvalue weighted by Gasteiger charge is 2.10. The number of rotatable bonds is 5. The fourth-order valence-electron chi connectivity index (χ4n) is 1.52. The minimum absolute atomic E-state index is 0.0656. The Kier molecular flexibility index (Phi) is 4.13. The molecule has 0 aliphatic rings. The molecule has 0 saturated carbocycles. The zero-order chi connectivity index (χ0) is 11.9. The first kappa shape index (κ1) is 11.6. The van der Waals surface area contributed by atoms with Gasteiger partial charge in [-0.1, -0.05) is 48.5 Å². The largest absolute Gasteiger partial charge is 0.393 e. The molecule has 3 heteroatoms. The minimum Gasteiger partial charge on any atom is -0.393 e. The molecule has 0 aliphatic heterocycles. The number of benzene rings is 2. The SMILES string of the molecule is OCC(ONc1ccccc1)c1ccccc1. The number of hydrogen-bond acceptors (Lipinski definition) is 3. The van der Waals surface area contributed by atoms with Crippen molar-refractivity contribution in [3.05, 3.63) is 66.2 Å². The van der Waals surface area contributed by atoms with Gasteiger partial charge in [0.25, 0.3) is 0 Å². The van der Waals surface area contributed by atoms with Crippen LogP contribution in [0.4, 0.5) is 5.69 Å². The molecule has 3 nitrogen and oxygen atoms in total. The second kappa shape index (κ2) is 6.03. The lowest BCUT2D eigenvalue weighted by Gasteiger charge is -2.16. The van der Waals surface area contributed by atoms with Gasteiger partial charge < -0.3 is 5.11 Å². The van der Waals surface area contributed by atoms with Crippen molar-refractivity contribution in [2.45, 2.75) is 6.10 Å². The summed E-state index contributed by atoms with van der Waals surface area (Å²) in [7, 11) is 0. The van der Waals surface area contributed by atoms with Crippen LogP contribution in [0.2, 0.25) is 0 Å². The maximum absolute atomic E-state index is 9.29. The second-order valence-corrected chi connectivity index (χ2v) is 3.67. The van der Waals surface area contributed by atoms with Crippen molar-refractivity contribution in [1.29, 1.82) is 0 Å². The van der Waals surface area contributed by atoms with Gasteiger partial charge in [0.05, 0.1) is 12.3 Å². The maximum atomic E-state index is 9.29. The predicted octanol–water partition coefficient (Wildman–Crippen LogP) is 2.76. The van der Waals surface area contributed by atoms with Crippen LogP contribution in [0, 0.1) is 0 Å². The van der Waals surface area contributed by atoms with Gasteiger partial charge in [0, 0.05) is 0 Å². The minimum atomic E-state index is -0.364. The smallest absolute Gasteiger partial charge is 0.133 e. The molecule has 17 heavy (non-hydrogen) atoms. The van der Waals surface area contributed by atoms with Crippen LogP contribution in [0.1, 0.15) is 11.7 Å². The monoisotopic (exact) mass is 229 g/mol. The molecular weight excluding hydrogens is 214 g/mol. The van der Waals surface area contributed by atoms with Crippen LogP contribution in [-0.2, 0) is 4.84 Å². The summed E-state index contributed by atoms with van der Waals surface area (Å²) in [4.78, 5) is 5.46. The third-order valence-corrected chi connectivity index (χ3v) is 2.43. The Morgan fingerprint density at radius 1 is 0.941 bits per heavy atom. The van der Waals surface area contributed by atoms with Gasteiger partial charge in [0.2, 0.25) is 0 Å². The van der Waals surface area contributed by atoms with Crippen LogP contribution in [0.25, 0.3) is 0 Å². The van der Waals surface area contributed by atoms with E-state index in [9.17, 15) is 5.11 Å². The molecule has 0 amide bonds. The number of aliphatic hydroxyl groups excluding tert-OH is 1. The molecule has 0 aromatic heterocycles. The summed E-state index contributed by atoms with van der Waals surface area (Å²) in [6.45, 7) is -0.0656. The quantitative estimate of drug-likeness (QED) is 0.775. The van der Waals surface area contributed by atoms with Gasteiger partial charge in [-0.15, -0.1) is 0 Å². The molecule has 2 rings (SSSR count). The van der Waals surface area contributed by atoms with E-state index in [1.54, 1.807) is 0 Å². The Labute approximate surface area is 101 Å². The highest BCUT2D eigenvalue weighted by atomic mass is 16.7. The third-order valence-electron chi connectivity index (χ3n) is 2.43. The van der Waals surface area contributed by atoms with Crippen LogP contribution < -0.4 is 5.48 Å². The van der Waals surface area contributed by atoms with E-state index >= 15 is 0 Å². The topological polar surface area (TPSA) is 41.5 Å².